The molecule has 1 fully saturated rings. The smallest absolute Gasteiger partial charge is 0.146 e. The normalized spacial score (nSPS) is 19.2. The highest BCUT2D eigenvalue weighted by molar-refractivity contribution is 9.10. The summed E-state index contributed by atoms with van der Waals surface area (Å²) in [4.78, 5) is 11.0. The van der Waals surface area contributed by atoms with E-state index >= 15 is 0 Å². The number of aromatic nitrogens is 2. The van der Waals surface area contributed by atoms with Crippen LogP contribution in [0.1, 0.15) is 29.7 Å². The number of aryl methyl sites for hydroxylation is 2. The number of halogens is 1. The number of hydrogen-bond donors (Lipinski definition) is 0. The molecule has 3 heterocycles. The van der Waals surface area contributed by atoms with Crippen LogP contribution in [0.15, 0.2) is 29.0 Å². The zero-order valence-corrected chi connectivity index (χ0v) is 14.8. The lowest BCUT2D eigenvalue weighted by atomic mass is 10.1. The number of hydrogen-bond acceptors (Lipinski definition) is 5. The molecule has 1 unspecified atom stereocenters. The Bertz CT molecular complexity index is 817. The molecule has 1 aliphatic carbocycles. The molecular weight excluding hydrogens is 368 g/mol. The molecule has 0 radical (unpaired) electrons. The first-order valence-electron chi connectivity index (χ1n) is 8.18. The van der Waals surface area contributed by atoms with E-state index in [4.69, 9.17) is 9.72 Å². The Hall–Kier alpha value is -2.13. The van der Waals surface area contributed by atoms with Crippen LogP contribution in [0.3, 0.4) is 0 Å². The minimum Gasteiger partial charge on any atom is -0.487 e. The fourth-order valence-electron chi connectivity index (χ4n) is 3.44. The third-order valence-corrected chi connectivity index (χ3v) is 5.22. The highest BCUT2D eigenvalue weighted by Gasteiger charge is 2.28. The van der Waals surface area contributed by atoms with Crippen molar-refractivity contribution in [2.45, 2.75) is 31.8 Å². The average Bonchev–Trinajstić information content (AvgIpc) is 3.24. The van der Waals surface area contributed by atoms with Gasteiger partial charge in [-0.1, -0.05) is 0 Å². The number of nitrogens with zero attached hydrogens (tertiary/aromatic N) is 4. The molecule has 0 aromatic carbocycles. The lowest BCUT2D eigenvalue weighted by molar-refractivity contribution is 0.223. The molecule has 2 aromatic rings. The van der Waals surface area contributed by atoms with Gasteiger partial charge in [-0.15, -0.1) is 0 Å². The van der Waals surface area contributed by atoms with Gasteiger partial charge >= 0.3 is 0 Å². The topological polar surface area (TPSA) is 62.0 Å². The van der Waals surface area contributed by atoms with Gasteiger partial charge in [0.1, 0.15) is 23.7 Å². The SMILES string of the molecule is N#Cc1cc2c(nc1N1CCC(Oc3ccncc3Br)C1)CCC2. The molecule has 2 aromatic heterocycles. The van der Waals surface area contributed by atoms with E-state index in [1.54, 1.807) is 12.4 Å². The van der Waals surface area contributed by atoms with Gasteiger partial charge in [-0.2, -0.15) is 5.26 Å². The summed E-state index contributed by atoms with van der Waals surface area (Å²) >= 11 is 3.46. The third kappa shape index (κ3) is 2.84. The molecule has 0 amide bonds. The summed E-state index contributed by atoms with van der Waals surface area (Å²) in [6.45, 7) is 1.60. The molecule has 0 saturated carbocycles. The van der Waals surface area contributed by atoms with Crippen LogP contribution in [0.25, 0.3) is 0 Å². The molecule has 6 heteroatoms. The zero-order valence-electron chi connectivity index (χ0n) is 13.2. The van der Waals surface area contributed by atoms with Crippen LogP contribution in [0.5, 0.6) is 5.75 Å². The van der Waals surface area contributed by atoms with Crippen LogP contribution in [0.2, 0.25) is 0 Å². The molecule has 2 aliphatic rings. The maximum absolute atomic E-state index is 9.49. The van der Waals surface area contributed by atoms with Crippen molar-refractivity contribution in [1.29, 1.82) is 5.26 Å². The van der Waals surface area contributed by atoms with Gasteiger partial charge in [0.25, 0.3) is 0 Å². The fourth-order valence-corrected chi connectivity index (χ4v) is 3.78. The second-order valence-electron chi connectivity index (χ2n) is 6.21. The Balaban J connectivity index is 1.53. The van der Waals surface area contributed by atoms with Gasteiger partial charge in [0, 0.05) is 31.1 Å². The summed E-state index contributed by atoms with van der Waals surface area (Å²) in [5, 5.41) is 9.49. The highest BCUT2D eigenvalue weighted by Crippen LogP contribution is 2.31. The Morgan fingerprint density at radius 1 is 1.38 bits per heavy atom. The first kappa shape index (κ1) is 15.4. The Kier molecular flexibility index (Phi) is 4.11. The Morgan fingerprint density at radius 2 is 2.29 bits per heavy atom. The molecule has 24 heavy (non-hydrogen) atoms. The predicted octanol–water partition coefficient (Wildman–Crippen LogP) is 3.26. The van der Waals surface area contributed by atoms with Crippen LogP contribution in [-0.4, -0.2) is 29.2 Å². The maximum atomic E-state index is 9.49. The molecule has 1 saturated heterocycles. The molecule has 5 nitrogen and oxygen atoms in total. The van der Waals surface area contributed by atoms with Crippen molar-refractivity contribution in [3.63, 3.8) is 0 Å². The molecule has 0 bridgehead atoms. The molecule has 4 rings (SSSR count). The van der Waals surface area contributed by atoms with Crippen LogP contribution < -0.4 is 9.64 Å². The quantitative estimate of drug-likeness (QED) is 0.812. The third-order valence-electron chi connectivity index (χ3n) is 4.62. The van der Waals surface area contributed by atoms with E-state index in [2.05, 4.69) is 31.9 Å². The first-order valence-corrected chi connectivity index (χ1v) is 8.98. The number of pyridine rings is 2. The second kappa shape index (κ2) is 6.40. The summed E-state index contributed by atoms with van der Waals surface area (Å²) in [7, 11) is 0. The summed E-state index contributed by atoms with van der Waals surface area (Å²) in [5.41, 5.74) is 3.08. The van der Waals surface area contributed by atoms with Gasteiger partial charge in [0.15, 0.2) is 0 Å². The van der Waals surface area contributed by atoms with E-state index in [1.165, 1.54) is 5.56 Å². The minimum atomic E-state index is 0.0882. The Labute approximate surface area is 149 Å². The lowest BCUT2D eigenvalue weighted by Crippen LogP contribution is -2.26. The van der Waals surface area contributed by atoms with E-state index in [0.29, 0.717) is 5.56 Å². The summed E-state index contributed by atoms with van der Waals surface area (Å²) in [6.07, 6.45) is 7.66. The lowest BCUT2D eigenvalue weighted by Gasteiger charge is -2.20. The summed E-state index contributed by atoms with van der Waals surface area (Å²) in [5.74, 6) is 1.62. The van der Waals surface area contributed by atoms with Crippen molar-refractivity contribution < 1.29 is 4.74 Å². The average molecular weight is 385 g/mol. The largest absolute Gasteiger partial charge is 0.487 e. The van der Waals surface area contributed by atoms with Gasteiger partial charge in [-0.05, 0) is 52.9 Å². The number of anilines is 1. The van der Waals surface area contributed by atoms with Crippen LogP contribution >= 0.6 is 15.9 Å². The van der Waals surface area contributed by atoms with Crippen LogP contribution in [0.4, 0.5) is 5.82 Å². The predicted molar refractivity (Wildman–Crippen MR) is 94.2 cm³/mol. The van der Waals surface area contributed by atoms with Crippen molar-refractivity contribution in [1.82, 2.24) is 9.97 Å². The molecular formula is C18H17BrN4O. The summed E-state index contributed by atoms with van der Waals surface area (Å²) < 4.78 is 6.94. The highest BCUT2D eigenvalue weighted by atomic mass is 79.9. The van der Waals surface area contributed by atoms with E-state index in [1.807, 2.05) is 12.1 Å². The number of rotatable bonds is 3. The van der Waals surface area contributed by atoms with Crippen molar-refractivity contribution in [2.24, 2.45) is 0 Å². The van der Waals surface area contributed by atoms with Crippen LogP contribution in [0, 0.1) is 11.3 Å². The summed E-state index contributed by atoms with van der Waals surface area (Å²) in [6, 6.07) is 6.20. The molecule has 1 aliphatic heterocycles. The monoisotopic (exact) mass is 384 g/mol. The number of ether oxygens (including phenoxy) is 1. The van der Waals surface area contributed by atoms with Gasteiger partial charge in [0.05, 0.1) is 16.6 Å². The zero-order chi connectivity index (χ0) is 16.5. The standard InChI is InChI=1S/C18H17BrN4O/c19-15-10-21-6-4-17(15)24-14-5-7-23(11-14)18-13(9-20)8-12-2-1-3-16(12)22-18/h4,6,8,10,14H,1-3,5,7,11H2. The van der Waals surface area contributed by atoms with Crippen molar-refractivity contribution >= 4 is 21.7 Å². The molecule has 0 spiro atoms. The van der Waals surface area contributed by atoms with E-state index in [9.17, 15) is 5.26 Å². The van der Waals surface area contributed by atoms with Crippen molar-refractivity contribution in [2.75, 3.05) is 18.0 Å². The number of nitriles is 1. The molecule has 1 atom stereocenters. The van der Waals surface area contributed by atoms with Gasteiger partial charge in [-0.3, -0.25) is 4.98 Å². The van der Waals surface area contributed by atoms with E-state index in [0.717, 1.165) is 60.5 Å². The number of fused-ring (bicyclic) bond motifs is 1. The maximum Gasteiger partial charge on any atom is 0.146 e. The second-order valence-corrected chi connectivity index (χ2v) is 7.07. The van der Waals surface area contributed by atoms with Crippen LogP contribution in [-0.2, 0) is 12.8 Å². The van der Waals surface area contributed by atoms with Gasteiger partial charge < -0.3 is 9.64 Å². The van der Waals surface area contributed by atoms with E-state index < -0.39 is 0 Å². The van der Waals surface area contributed by atoms with Crippen molar-refractivity contribution in [3.05, 3.63) is 45.8 Å². The minimum absolute atomic E-state index is 0.0882. The molecule has 122 valence electrons. The van der Waals surface area contributed by atoms with Gasteiger partial charge in [0.2, 0.25) is 0 Å². The molecule has 0 N–H and O–H groups in total. The van der Waals surface area contributed by atoms with Gasteiger partial charge in [-0.25, -0.2) is 4.98 Å². The van der Waals surface area contributed by atoms with Crippen molar-refractivity contribution in [3.8, 4) is 11.8 Å². The first-order chi connectivity index (χ1) is 11.7. The Morgan fingerprint density at radius 3 is 3.12 bits per heavy atom. The fraction of sp³-hybridized carbons (Fsp3) is 0.389. The van der Waals surface area contributed by atoms with E-state index in [-0.39, 0.29) is 6.10 Å².